The molecule has 0 spiro atoms. The molecule has 234 valence electrons. The summed E-state index contributed by atoms with van der Waals surface area (Å²) in [5.74, 6) is 0. The Kier molecular flexibility index (Phi) is 6.75. The maximum absolute atomic E-state index is 2.37. The van der Waals surface area contributed by atoms with Crippen LogP contribution in [-0.2, 0) is 0 Å². The van der Waals surface area contributed by atoms with Crippen molar-refractivity contribution in [2.24, 2.45) is 0 Å². The van der Waals surface area contributed by atoms with Crippen LogP contribution in [0.3, 0.4) is 0 Å². The first-order chi connectivity index (χ1) is 24.8. The van der Waals surface area contributed by atoms with Crippen LogP contribution in [0, 0.1) is 0 Å². The van der Waals surface area contributed by atoms with Crippen LogP contribution in [0.2, 0.25) is 0 Å². The quantitative estimate of drug-likeness (QED) is 0.167. The largest absolute Gasteiger partial charge is 0.310 e. The minimum atomic E-state index is 1.13. The molecular formula is C48H31NS. The first kappa shape index (κ1) is 28.8. The van der Waals surface area contributed by atoms with Crippen molar-refractivity contribution >= 4 is 80.9 Å². The lowest BCUT2D eigenvalue weighted by Crippen LogP contribution is -2.09. The Labute approximate surface area is 294 Å². The minimum absolute atomic E-state index is 1.13. The van der Waals surface area contributed by atoms with E-state index in [1.165, 1.54) is 74.7 Å². The summed E-state index contributed by atoms with van der Waals surface area (Å²) >= 11 is 1.88. The number of anilines is 3. The molecular weight excluding hydrogens is 623 g/mol. The molecule has 0 saturated heterocycles. The molecule has 0 radical (unpaired) electrons. The molecule has 9 aromatic carbocycles. The van der Waals surface area contributed by atoms with Crippen molar-refractivity contribution < 1.29 is 0 Å². The van der Waals surface area contributed by atoms with Gasteiger partial charge in [-0.1, -0.05) is 140 Å². The molecule has 0 aliphatic rings. The van der Waals surface area contributed by atoms with Crippen molar-refractivity contribution in [3.8, 4) is 22.3 Å². The fourth-order valence-corrected chi connectivity index (χ4v) is 8.82. The molecule has 0 fully saturated rings. The van der Waals surface area contributed by atoms with Gasteiger partial charge in [0.1, 0.15) is 0 Å². The van der Waals surface area contributed by atoms with E-state index >= 15 is 0 Å². The van der Waals surface area contributed by atoms with Gasteiger partial charge in [-0.05, 0) is 103 Å². The molecule has 1 heterocycles. The van der Waals surface area contributed by atoms with Crippen molar-refractivity contribution in [2.75, 3.05) is 4.90 Å². The molecule has 0 aliphatic carbocycles. The van der Waals surface area contributed by atoms with E-state index < -0.39 is 0 Å². The second kappa shape index (κ2) is 11.7. The smallest absolute Gasteiger partial charge is 0.0476 e. The predicted molar refractivity (Wildman–Crippen MR) is 217 cm³/mol. The van der Waals surface area contributed by atoms with Crippen molar-refractivity contribution in [1.82, 2.24) is 0 Å². The molecule has 0 saturated carbocycles. The summed E-state index contributed by atoms with van der Waals surface area (Å²) in [4.78, 5) is 2.37. The number of para-hydroxylation sites is 1. The van der Waals surface area contributed by atoms with Crippen LogP contribution in [0.1, 0.15) is 0 Å². The average molecular weight is 654 g/mol. The summed E-state index contributed by atoms with van der Waals surface area (Å²) < 4.78 is 2.58. The van der Waals surface area contributed by atoms with Crippen molar-refractivity contribution in [2.45, 2.75) is 0 Å². The first-order valence-electron chi connectivity index (χ1n) is 17.1. The molecule has 10 aromatic rings. The molecule has 0 unspecified atom stereocenters. The zero-order valence-corrected chi connectivity index (χ0v) is 28.1. The number of hydrogen-bond donors (Lipinski definition) is 0. The highest BCUT2D eigenvalue weighted by molar-refractivity contribution is 7.26. The van der Waals surface area contributed by atoms with Crippen LogP contribution in [-0.4, -0.2) is 0 Å². The Morgan fingerprint density at radius 3 is 1.80 bits per heavy atom. The molecule has 1 aromatic heterocycles. The van der Waals surface area contributed by atoms with Gasteiger partial charge in [0.25, 0.3) is 0 Å². The van der Waals surface area contributed by atoms with Gasteiger partial charge in [-0.3, -0.25) is 0 Å². The second-order valence-electron chi connectivity index (χ2n) is 12.9. The molecule has 10 rings (SSSR count). The normalized spacial score (nSPS) is 11.6. The average Bonchev–Trinajstić information content (AvgIpc) is 3.56. The molecule has 50 heavy (non-hydrogen) atoms. The van der Waals surface area contributed by atoms with Crippen LogP contribution in [0.4, 0.5) is 17.1 Å². The topological polar surface area (TPSA) is 3.24 Å². The van der Waals surface area contributed by atoms with E-state index in [-0.39, 0.29) is 0 Å². The maximum atomic E-state index is 2.37. The highest BCUT2D eigenvalue weighted by Crippen LogP contribution is 2.45. The second-order valence-corrected chi connectivity index (χ2v) is 14.0. The van der Waals surface area contributed by atoms with E-state index in [1.807, 2.05) is 11.3 Å². The summed E-state index contributed by atoms with van der Waals surface area (Å²) in [6.07, 6.45) is 0. The lowest BCUT2D eigenvalue weighted by molar-refractivity contribution is 1.29. The van der Waals surface area contributed by atoms with Crippen LogP contribution < -0.4 is 4.90 Å². The third-order valence-electron chi connectivity index (χ3n) is 10.0. The fourth-order valence-electron chi connectivity index (χ4n) is 7.66. The maximum Gasteiger partial charge on any atom is 0.0476 e. The molecule has 0 amide bonds. The lowest BCUT2D eigenvalue weighted by atomic mass is 9.91. The zero-order chi connectivity index (χ0) is 33.0. The molecule has 0 bridgehead atoms. The Morgan fingerprint density at radius 2 is 0.940 bits per heavy atom. The SMILES string of the molecule is c1ccc(N(c2ccc(-c3ccc4ccccc4c3)cc2)c2ccc3c(c2)sc2cccc(-c4cccc5ccc6ccccc6c45)c23)cc1. The number of thiophene rings is 1. The van der Waals surface area contributed by atoms with Crippen LogP contribution in [0.15, 0.2) is 188 Å². The predicted octanol–water partition coefficient (Wildman–Crippen LogP) is 14.3. The Bertz CT molecular complexity index is 2870. The van der Waals surface area contributed by atoms with E-state index in [2.05, 4.69) is 193 Å². The third-order valence-corrected chi connectivity index (χ3v) is 11.1. The molecule has 0 N–H and O–H groups in total. The number of rotatable bonds is 5. The number of hydrogen-bond acceptors (Lipinski definition) is 2. The number of benzene rings is 9. The fraction of sp³-hybridized carbons (Fsp3) is 0. The van der Waals surface area contributed by atoms with Crippen molar-refractivity contribution in [1.29, 1.82) is 0 Å². The van der Waals surface area contributed by atoms with Gasteiger partial charge in [0, 0.05) is 37.2 Å². The van der Waals surface area contributed by atoms with Gasteiger partial charge in [0.15, 0.2) is 0 Å². The Balaban J connectivity index is 1.10. The summed E-state index contributed by atoms with van der Waals surface area (Å²) in [6, 6.07) is 68.6. The van der Waals surface area contributed by atoms with Crippen molar-refractivity contribution in [3.05, 3.63) is 188 Å². The molecule has 0 aliphatic heterocycles. The van der Waals surface area contributed by atoms with E-state index in [0.717, 1.165) is 17.1 Å². The zero-order valence-electron chi connectivity index (χ0n) is 27.3. The third kappa shape index (κ3) is 4.76. The van der Waals surface area contributed by atoms with Gasteiger partial charge in [-0.25, -0.2) is 0 Å². The first-order valence-corrected chi connectivity index (χ1v) is 17.9. The Morgan fingerprint density at radius 1 is 0.320 bits per heavy atom. The van der Waals surface area contributed by atoms with Crippen molar-refractivity contribution in [3.63, 3.8) is 0 Å². The van der Waals surface area contributed by atoms with E-state index in [4.69, 9.17) is 0 Å². The highest BCUT2D eigenvalue weighted by atomic mass is 32.1. The van der Waals surface area contributed by atoms with Gasteiger partial charge >= 0.3 is 0 Å². The molecule has 1 nitrogen and oxygen atoms in total. The highest BCUT2D eigenvalue weighted by Gasteiger charge is 2.18. The van der Waals surface area contributed by atoms with Gasteiger partial charge < -0.3 is 4.90 Å². The van der Waals surface area contributed by atoms with Gasteiger partial charge in [-0.2, -0.15) is 0 Å². The van der Waals surface area contributed by atoms with Gasteiger partial charge in [0.05, 0.1) is 0 Å². The molecule has 0 atom stereocenters. The lowest BCUT2D eigenvalue weighted by Gasteiger charge is -2.25. The monoisotopic (exact) mass is 653 g/mol. The summed E-state index contributed by atoms with van der Waals surface area (Å²) in [6.45, 7) is 0. The van der Waals surface area contributed by atoms with Crippen LogP contribution in [0.25, 0.3) is 74.7 Å². The number of fused-ring (bicyclic) bond motifs is 7. The van der Waals surface area contributed by atoms with Gasteiger partial charge in [-0.15, -0.1) is 11.3 Å². The number of nitrogens with zero attached hydrogens (tertiary/aromatic N) is 1. The summed E-state index contributed by atoms with van der Waals surface area (Å²) in [5, 5.41) is 10.3. The van der Waals surface area contributed by atoms with Gasteiger partial charge in [0.2, 0.25) is 0 Å². The molecule has 2 heteroatoms. The minimum Gasteiger partial charge on any atom is -0.310 e. The van der Waals surface area contributed by atoms with Crippen LogP contribution in [0.5, 0.6) is 0 Å². The van der Waals surface area contributed by atoms with E-state index in [1.54, 1.807) is 0 Å². The van der Waals surface area contributed by atoms with Crippen LogP contribution >= 0.6 is 11.3 Å². The standard InChI is InChI=1S/C48H31NS/c1-2-14-38(15-3-1)49(39-26-24-33(25-27-39)37-23-20-32-10-4-5-12-36(32)30-37)40-28-29-44-46(31-40)50-45-19-9-18-43(48(44)45)42-17-8-13-35-22-21-34-11-6-7-16-41(34)47(35)42/h1-31H. The summed E-state index contributed by atoms with van der Waals surface area (Å²) in [5.41, 5.74) is 8.41. The Hall–Kier alpha value is -6.22. The summed E-state index contributed by atoms with van der Waals surface area (Å²) in [7, 11) is 0. The van der Waals surface area contributed by atoms with E-state index in [9.17, 15) is 0 Å². The van der Waals surface area contributed by atoms with E-state index in [0.29, 0.717) is 0 Å².